The molecule has 1 nitrogen and oxygen atoms in total. The zero-order valence-corrected chi connectivity index (χ0v) is 30.9. The smallest absolute Gasteiger partial charge is 0.0741 e. The Hall–Kier alpha value is -6.61. The van der Waals surface area contributed by atoms with E-state index in [1.165, 1.54) is 76.2 Å². The van der Waals surface area contributed by atoms with Gasteiger partial charge in [0, 0.05) is 26.6 Å². The maximum atomic E-state index is 2.44. The predicted octanol–water partition coefficient (Wildman–Crippen LogP) is 14.5. The number of benzene rings is 9. The van der Waals surface area contributed by atoms with Gasteiger partial charge in [-0.15, -0.1) is 0 Å². The van der Waals surface area contributed by atoms with E-state index in [1.54, 1.807) is 0 Å². The highest BCUT2D eigenvalue weighted by Crippen LogP contribution is 2.63. The van der Waals surface area contributed by atoms with Crippen LogP contribution in [0.4, 0.5) is 17.1 Å². The van der Waals surface area contributed by atoms with Gasteiger partial charge in [-0.1, -0.05) is 182 Å². The van der Waals surface area contributed by atoms with Crippen molar-refractivity contribution in [1.29, 1.82) is 0 Å². The van der Waals surface area contributed by atoms with Gasteiger partial charge in [-0.05, 0) is 103 Å². The lowest BCUT2D eigenvalue weighted by molar-refractivity contribution is 0.730. The van der Waals surface area contributed by atoms with Gasteiger partial charge in [0.1, 0.15) is 0 Å². The Kier molecular flexibility index (Phi) is 7.40. The molecule has 0 saturated heterocycles. The Labute approximate surface area is 326 Å². The fraction of sp³-hybridized carbons (Fsp3) is 0.0189. The number of anilines is 3. The lowest BCUT2D eigenvalue weighted by Crippen LogP contribution is -2.32. The summed E-state index contributed by atoms with van der Waals surface area (Å²) in [4.78, 5) is 5.06. The van der Waals surface area contributed by atoms with Crippen LogP contribution in [0.15, 0.2) is 222 Å². The first-order valence-electron chi connectivity index (χ1n) is 18.9. The van der Waals surface area contributed by atoms with Crippen molar-refractivity contribution < 1.29 is 0 Å². The zero-order chi connectivity index (χ0) is 36.3. The fourth-order valence-corrected chi connectivity index (χ4v) is 10.4. The van der Waals surface area contributed by atoms with E-state index in [2.05, 4.69) is 217 Å². The molecule has 0 saturated carbocycles. The molecule has 0 aromatic heterocycles. The first kappa shape index (κ1) is 31.9. The monoisotopic (exact) mass is 717 g/mol. The average molecular weight is 718 g/mol. The Balaban J connectivity index is 1.16. The minimum Gasteiger partial charge on any atom is -0.310 e. The summed E-state index contributed by atoms with van der Waals surface area (Å²) in [7, 11) is 0. The first-order chi connectivity index (χ1) is 27.3. The summed E-state index contributed by atoms with van der Waals surface area (Å²) in [6.07, 6.45) is 0. The van der Waals surface area contributed by atoms with Gasteiger partial charge in [0.15, 0.2) is 0 Å². The third-order valence-electron chi connectivity index (χ3n) is 11.5. The van der Waals surface area contributed by atoms with Crippen molar-refractivity contribution in [3.63, 3.8) is 0 Å². The lowest BCUT2D eigenvalue weighted by atomic mass is 9.66. The van der Waals surface area contributed by atoms with E-state index in [0.29, 0.717) is 0 Å². The Morgan fingerprint density at radius 2 is 0.818 bits per heavy atom. The lowest BCUT2D eigenvalue weighted by Gasteiger charge is -2.40. The second-order valence-corrected chi connectivity index (χ2v) is 15.5. The molecule has 11 rings (SSSR count). The van der Waals surface area contributed by atoms with E-state index >= 15 is 0 Å². The van der Waals surface area contributed by atoms with Crippen molar-refractivity contribution in [2.24, 2.45) is 0 Å². The van der Waals surface area contributed by atoms with Crippen LogP contribution in [0.2, 0.25) is 0 Å². The van der Waals surface area contributed by atoms with Crippen molar-refractivity contribution in [2.45, 2.75) is 15.2 Å². The van der Waals surface area contributed by atoms with Crippen LogP contribution < -0.4 is 4.90 Å². The molecule has 0 bridgehead atoms. The SMILES string of the molecule is c1ccc(-c2ccc(N(c3ccc(-c4ccccc4)cc3)c3cccc4c5c(ccc34)Sc3ccccc3C53c4ccccc4-c4ccccc43)cc2)cc1. The van der Waals surface area contributed by atoms with Crippen molar-refractivity contribution in [3.8, 4) is 33.4 Å². The van der Waals surface area contributed by atoms with Gasteiger partial charge < -0.3 is 4.90 Å². The maximum Gasteiger partial charge on any atom is 0.0741 e. The molecule has 0 radical (unpaired) electrons. The standard InChI is InChI=1S/C53H35NS/c1-3-14-36(15-4-1)38-26-30-40(31-27-38)54(41-32-28-39(29-33-41)37-16-5-2-6-17-37)49-24-13-20-45-44(49)34-35-51-52(45)53(48-23-11-12-25-50(48)55-51)46-21-9-7-18-42(46)43-19-8-10-22-47(43)53/h1-35H. The van der Waals surface area contributed by atoms with E-state index in [0.717, 1.165) is 17.1 Å². The molecule has 1 aliphatic heterocycles. The molecular weight excluding hydrogens is 683 g/mol. The highest BCUT2D eigenvalue weighted by molar-refractivity contribution is 7.99. The highest BCUT2D eigenvalue weighted by Gasteiger charge is 2.50. The number of nitrogens with zero attached hydrogens (tertiary/aromatic N) is 1. The van der Waals surface area contributed by atoms with Crippen molar-refractivity contribution in [2.75, 3.05) is 4.90 Å². The van der Waals surface area contributed by atoms with Gasteiger partial charge in [-0.25, -0.2) is 0 Å². The molecule has 9 aromatic rings. The van der Waals surface area contributed by atoms with Crippen LogP contribution in [0.5, 0.6) is 0 Å². The Morgan fingerprint density at radius 3 is 1.40 bits per heavy atom. The quantitative estimate of drug-likeness (QED) is 0.174. The van der Waals surface area contributed by atoms with Gasteiger partial charge in [-0.2, -0.15) is 0 Å². The molecule has 258 valence electrons. The van der Waals surface area contributed by atoms with Crippen molar-refractivity contribution >= 4 is 39.6 Å². The molecule has 55 heavy (non-hydrogen) atoms. The molecule has 0 atom stereocenters. The molecular formula is C53H35NS. The van der Waals surface area contributed by atoms with E-state index in [-0.39, 0.29) is 0 Å². The number of hydrogen-bond donors (Lipinski definition) is 0. The van der Waals surface area contributed by atoms with Crippen LogP contribution in [0.25, 0.3) is 44.2 Å². The Bertz CT molecular complexity index is 2750. The fourth-order valence-electron chi connectivity index (χ4n) is 9.20. The summed E-state index contributed by atoms with van der Waals surface area (Å²) in [5.74, 6) is 0. The molecule has 0 fully saturated rings. The van der Waals surface area contributed by atoms with Crippen LogP contribution >= 0.6 is 11.8 Å². The third kappa shape index (κ3) is 4.88. The molecule has 9 aromatic carbocycles. The second-order valence-electron chi connectivity index (χ2n) is 14.4. The third-order valence-corrected chi connectivity index (χ3v) is 12.7. The summed E-state index contributed by atoms with van der Waals surface area (Å²) < 4.78 is 0. The molecule has 2 aliphatic rings. The molecule has 1 spiro atoms. The maximum absolute atomic E-state index is 2.44. The molecule has 0 N–H and O–H groups in total. The number of hydrogen-bond acceptors (Lipinski definition) is 2. The van der Waals surface area contributed by atoms with Crippen molar-refractivity contribution in [3.05, 3.63) is 235 Å². The summed E-state index contributed by atoms with van der Waals surface area (Å²) >= 11 is 1.90. The second kappa shape index (κ2) is 12.8. The van der Waals surface area contributed by atoms with Gasteiger partial charge >= 0.3 is 0 Å². The largest absolute Gasteiger partial charge is 0.310 e. The highest BCUT2D eigenvalue weighted by atomic mass is 32.2. The van der Waals surface area contributed by atoms with Crippen LogP contribution in [-0.4, -0.2) is 0 Å². The van der Waals surface area contributed by atoms with Crippen LogP contribution in [0.3, 0.4) is 0 Å². The van der Waals surface area contributed by atoms with Gasteiger partial charge in [0.2, 0.25) is 0 Å². The molecule has 0 amide bonds. The van der Waals surface area contributed by atoms with E-state index < -0.39 is 5.41 Å². The normalized spacial score (nSPS) is 13.2. The Morgan fingerprint density at radius 1 is 0.327 bits per heavy atom. The number of rotatable bonds is 5. The summed E-state index contributed by atoms with van der Waals surface area (Å²) in [6.45, 7) is 0. The minimum absolute atomic E-state index is 0.456. The number of fused-ring (bicyclic) bond motifs is 11. The van der Waals surface area contributed by atoms with Crippen LogP contribution in [0.1, 0.15) is 22.3 Å². The van der Waals surface area contributed by atoms with Gasteiger partial charge in [-0.3, -0.25) is 0 Å². The summed E-state index contributed by atoms with van der Waals surface area (Å²) in [5.41, 5.74) is 15.8. The van der Waals surface area contributed by atoms with Gasteiger partial charge in [0.25, 0.3) is 0 Å². The molecule has 2 heteroatoms. The van der Waals surface area contributed by atoms with Crippen LogP contribution in [0, 0.1) is 0 Å². The van der Waals surface area contributed by atoms with Gasteiger partial charge in [0.05, 0.1) is 11.1 Å². The summed E-state index contributed by atoms with van der Waals surface area (Å²) in [5, 5.41) is 2.50. The van der Waals surface area contributed by atoms with Crippen molar-refractivity contribution in [1.82, 2.24) is 0 Å². The topological polar surface area (TPSA) is 3.24 Å². The van der Waals surface area contributed by atoms with E-state index in [9.17, 15) is 0 Å². The summed E-state index contributed by atoms with van der Waals surface area (Å²) in [6, 6.07) is 78.1. The predicted molar refractivity (Wildman–Crippen MR) is 231 cm³/mol. The zero-order valence-electron chi connectivity index (χ0n) is 30.1. The van der Waals surface area contributed by atoms with E-state index in [1.807, 2.05) is 11.8 Å². The first-order valence-corrected chi connectivity index (χ1v) is 19.7. The minimum atomic E-state index is -0.456. The molecule has 1 aliphatic carbocycles. The molecule has 0 unspecified atom stereocenters. The molecule has 1 heterocycles. The van der Waals surface area contributed by atoms with E-state index in [4.69, 9.17) is 0 Å². The average Bonchev–Trinajstić information content (AvgIpc) is 3.55. The van der Waals surface area contributed by atoms with Crippen LogP contribution in [-0.2, 0) is 5.41 Å².